The Hall–Kier alpha value is -3.07. The minimum atomic E-state index is 0.0304. The molecular weight excluding hydrogens is 294 g/mol. The molecule has 0 N–H and O–H groups in total. The largest absolute Gasteiger partial charge is 0.255 e. The minimum Gasteiger partial charge on any atom is -0.255 e. The van der Waals surface area contributed by atoms with E-state index in [-0.39, 0.29) is 6.17 Å². The fourth-order valence-corrected chi connectivity index (χ4v) is 3.07. The lowest BCUT2D eigenvalue weighted by Gasteiger charge is -2.34. The molecule has 24 heavy (non-hydrogen) atoms. The van der Waals surface area contributed by atoms with E-state index < -0.39 is 0 Å². The lowest BCUT2D eigenvalue weighted by atomic mass is 10.2. The molecule has 1 aliphatic rings. The highest BCUT2D eigenvalue weighted by atomic mass is 15.7. The second-order valence-electron chi connectivity index (χ2n) is 5.78. The summed E-state index contributed by atoms with van der Waals surface area (Å²) in [6.07, 6.45) is 0.0304. The first-order valence-corrected chi connectivity index (χ1v) is 8.17. The summed E-state index contributed by atoms with van der Waals surface area (Å²) in [7, 11) is 0. The van der Waals surface area contributed by atoms with Gasteiger partial charge in [0, 0.05) is 5.56 Å². The molecule has 1 aliphatic heterocycles. The highest BCUT2D eigenvalue weighted by Crippen LogP contribution is 2.31. The summed E-state index contributed by atoms with van der Waals surface area (Å²) < 4.78 is 0. The van der Waals surface area contributed by atoms with Crippen LogP contribution in [0, 0.1) is 0 Å². The predicted octanol–water partition coefficient (Wildman–Crippen LogP) is 4.72. The van der Waals surface area contributed by atoms with Crippen molar-refractivity contribution in [3.8, 4) is 0 Å². The van der Waals surface area contributed by atoms with Gasteiger partial charge in [-0.15, -0.1) is 0 Å². The highest BCUT2D eigenvalue weighted by molar-refractivity contribution is 6.13. The van der Waals surface area contributed by atoms with E-state index in [1.54, 1.807) is 0 Å². The first kappa shape index (κ1) is 14.5. The molecule has 0 aromatic heterocycles. The van der Waals surface area contributed by atoms with Crippen LogP contribution in [0.3, 0.4) is 0 Å². The van der Waals surface area contributed by atoms with E-state index in [1.165, 1.54) is 0 Å². The molecule has 1 atom stereocenters. The molecule has 0 bridgehead atoms. The molecular formula is C21H19N3. The molecule has 0 aliphatic carbocycles. The second-order valence-corrected chi connectivity index (χ2v) is 5.78. The average molecular weight is 313 g/mol. The van der Waals surface area contributed by atoms with Crippen LogP contribution in [-0.2, 0) is 0 Å². The standard InChI is InChI=1S/C21H19N3/c1-17-22-21(18-11-5-2-6-12-18)24(20-15-9-4-10-16-20)23(17)19-13-7-3-8-14-19/h2-17H,1H3. The van der Waals surface area contributed by atoms with Crippen LogP contribution in [0.2, 0.25) is 0 Å². The number of amidine groups is 1. The van der Waals surface area contributed by atoms with Crippen LogP contribution >= 0.6 is 0 Å². The Kier molecular flexibility index (Phi) is 3.75. The van der Waals surface area contributed by atoms with Crippen molar-refractivity contribution >= 4 is 17.2 Å². The number of benzene rings is 3. The first-order valence-electron chi connectivity index (χ1n) is 8.17. The van der Waals surface area contributed by atoms with Crippen molar-refractivity contribution < 1.29 is 0 Å². The first-order chi connectivity index (χ1) is 11.8. The van der Waals surface area contributed by atoms with Gasteiger partial charge < -0.3 is 0 Å². The Morgan fingerprint density at radius 1 is 0.667 bits per heavy atom. The fraction of sp³-hybridized carbons (Fsp3) is 0.0952. The molecule has 3 nitrogen and oxygen atoms in total. The number of hydrogen-bond acceptors (Lipinski definition) is 3. The van der Waals surface area contributed by atoms with Crippen LogP contribution in [0.5, 0.6) is 0 Å². The van der Waals surface area contributed by atoms with Crippen molar-refractivity contribution in [2.24, 2.45) is 4.99 Å². The molecule has 3 heteroatoms. The van der Waals surface area contributed by atoms with E-state index in [0.29, 0.717) is 0 Å². The van der Waals surface area contributed by atoms with Crippen LogP contribution in [0.25, 0.3) is 0 Å². The van der Waals surface area contributed by atoms with Crippen molar-refractivity contribution in [2.75, 3.05) is 10.0 Å². The van der Waals surface area contributed by atoms with Gasteiger partial charge in [0.15, 0.2) is 5.84 Å². The van der Waals surface area contributed by atoms with Gasteiger partial charge in [-0.1, -0.05) is 66.7 Å². The maximum atomic E-state index is 4.94. The third-order valence-electron chi connectivity index (χ3n) is 4.13. The Bertz CT molecular complexity index is 829. The maximum absolute atomic E-state index is 4.94. The predicted molar refractivity (Wildman–Crippen MR) is 100 cm³/mol. The number of aliphatic imine (C=N–C) groups is 1. The summed E-state index contributed by atoms with van der Waals surface area (Å²) in [5, 5.41) is 4.44. The maximum Gasteiger partial charge on any atom is 0.156 e. The normalized spacial score (nSPS) is 17.0. The molecule has 0 amide bonds. The smallest absolute Gasteiger partial charge is 0.156 e. The van der Waals surface area contributed by atoms with Crippen LogP contribution in [0.4, 0.5) is 11.4 Å². The van der Waals surface area contributed by atoms with Gasteiger partial charge in [-0.2, -0.15) is 0 Å². The molecule has 118 valence electrons. The monoisotopic (exact) mass is 313 g/mol. The molecule has 0 saturated heterocycles. The van der Waals surface area contributed by atoms with E-state index in [9.17, 15) is 0 Å². The van der Waals surface area contributed by atoms with E-state index in [1.807, 2.05) is 18.2 Å². The molecule has 4 rings (SSSR count). The zero-order valence-corrected chi connectivity index (χ0v) is 13.6. The number of hydrazine groups is 1. The van der Waals surface area contributed by atoms with Gasteiger partial charge in [0.2, 0.25) is 0 Å². The van der Waals surface area contributed by atoms with Gasteiger partial charge in [-0.3, -0.25) is 5.01 Å². The van der Waals surface area contributed by atoms with Crippen LogP contribution in [0.1, 0.15) is 12.5 Å². The summed E-state index contributed by atoms with van der Waals surface area (Å²) >= 11 is 0. The van der Waals surface area contributed by atoms with Crippen molar-refractivity contribution in [3.63, 3.8) is 0 Å². The zero-order valence-electron chi connectivity index (χ0n) is 13.6. The van der Waals surface area contributed by atoms with Gasteiger partial charge in [0.1, 0.15) is 6.17 Å². The molecule has 0 spiro atoms. The van der Waals surface area contributed by atoms with Crippen LogP contribution in [0.15, 0.2) is 96.0 Å². The van der Waals surface area contributed by atoms with Crippen molar-refractivity contribution in [1.29, 1.82) is 0 Å². The Morgan fingerprint density at radius 2 is 1.17 bits per heavy atom. The number of hydrogen-bond donors (Lipinski definition) is 0. The van der Waals surface area contributed by atoms with Gasteiger partial charge in [0.25, 0.3) is 0 Å². The lowest BCUT2D eigenvalue weighted by Crippen LogP contribution is -2.45. The molecule has 3 aromatic rings. The third-order valence-corrected chi connectivity index (χ3v) is 4.13. The van der Waals surface area contributed by atoms with Crippen molar-refractivity contribution in [2.45, 2.75) is 13.1 Å². The average Bonchev–Trinajstić information content (AvgIpc) is 3.01. The molecule has 0 saturated carbocycles. The summed E-state index contributed by atoms with van der Waals surface area (Å²) in [6.45, 7) is 2.12. The number of anilines is 2. The van der Waals surface area contributed by atoms with Gasteiger partial charge >= 0.3 is 0 Å². The molecule has 3 aromatic carbocycles. The Labute approximate surface area is 142 Å². The lowest BCUT2D eigenvalue weighted by molar-refractivity contribution is 0.722. The zero-order chi connectivity index (χ0) is 16.4. The van der Waals surface area contributed by atoms with Gasteiger partial charge in [-0.05, 0) is 31.2 Å². The van der Waals surface area contributed by atoms with E-state index in [2.05, 4.69) is 89.7 Å². The SMILES string of the molecule is CC1N=C(c2ccccc2)N(c2ccccc2)N1c1ccccc1. The quantitative estimate of drug-likeness (QED) is 0.696. The summed E-state index contributed by atoms with van der Waals surface area (Å²) in [4.78, 5) is 4.94. The third kappa shape index (κ3) is 2.54. The minimum absolute atomic E-state index is 0.0304. The number of para-hydroxylation sites is 2. The van der Waals surface area contributed by atoms with Crippen molar-refractivity contribution in [1.82, 2.24) is 0 Å². The molecule has 0 fully saturated rings. The number of rotatable bonds is 3. The summed E-state index contributed by atoms with van der Waals surface area (Å²) in [6, 6.07) is 31.1. The fourth-order valence-electron chi connectivity index (χ4n) is 3.07. The van der Waals surface area contributed by atoms with Crippen molar-refractivity contribution in [3.05, 3.63) is 96.6 Å². The highest BCUT2D eigenvalue weighted by Gasteiger charge is 2.33. The van der Waals surface area contributed by atoms with Crippen LogP contribution < -0.4 is 10.0 Å². The van der Waals surface area contributed by atoms with Gasteiger partial charge in [0.05, 0.1) is 11.4 Å². The molecule has 1 unspecified atom stereocenters. The summed E-state index contributed by atoms with van der Waals surface area (Å²) in [5.74, 6) is 0.971. The van der Waals surface area contributed by atoms with E-state index in [0.717, 1.165) is 22.8 Å². The summed E-state index contributed by atoms with van der Waals surface area (Å²) in [5.41, 5.74) is 3.35. The van der Waals surface area contributed by atoms with Gasteiger partial charge in [-0.25, -0.2) is 10.0 Å². The molecule has 1 heterocycles. The number of nitrogens with zero attached hydrogens (tertiary/aromatic N) is 3. The second kappa shape index (κ2) is 6.20. The Balaban J connectivity index is 1.84. The van der Waals surface area contributed by atoms with E-state index >= 15 is 0 Å². The van der Waals surface area contributed by atoms with E-state index in [4.69, 9.17) is 4.99 Å². The topological polar surface area (TPSA) is 18.8 Å². The van der Waals surface area contributed by atoms with Crippen LogP contribution in [-0.4, -0.2) is 12.0 Å². The Morgan fingerprint density at radius 3 is 1.75 bits per heavy atom. The molecule has 0 radical (unpaired) electrons.